The molecule has 4 rings (SSSR count). The van der Waals surface area contributed by atoms with Crippen LogP contribution in [-0.2, 0) is 6.54 Å². The Morgan fingerprint density at radius 3 is 2.92 bits per heavy atom. The zero-order valence-electron chi connectivity index (χ0n) is 13.2. The van der Waals surface area contributed by atoms with E-state index in [0.29, 0.717) is 17.8 Å². The van der Waals surface area contributed by atoms with Crippen LogP contribution in [0.3, 0.4) is 0 Å². The molecule has 1 N–H and O–H groups in total. The van der Waals surface area contributed by atoms with Gasteiger partial charge in [-0.25, -0.2) is 18.4 Å². The predicted octanol–water partition coefficient (Wildman–Crippen LogP) is 3.61. The van der Waals surface area contributed by atoms with Crippen molar-refractivity contribution < 1.29 is 8.78 Å². The molecule has 0 atom stereocenters. The molecule has 0 spiro atoms. The van der Waals surface area contributed by atoms with Crippen LogP contribution in [0.2, 0.25) is 0 Å². The van der Waals surface area contributed by atoms with Crippen LogP contribution in [0.25, 0.3) is 22.1 Å². The molecule has 0 amide bonds. The first-order valence-electron chi connectivity index (χ1n) is 7.60. The summed E-state index contributed by atoms with van der Waals surface area (Å²) in [6, 6.07) is 5.83. The van der Waals surface area contributed by atoms with Crippen LogP contribution in [0.15, 0.2) is 42.9 Å². The number of nitrogens with zero attached hydrogens (tertiary/aromatic N) is 5. The Morgan fingerprint density at radius 2 is 2.12 bits per heavy atom. The first-order chi connectivity index (χ1) is 12.6. The molecule has 0 aliphatic carbocycles. The van der Waals surface area contributed by atoms with Crippen LogP contribution in [0.5, 0.6) is 0 Å². The number of aromatic amines is 1. The summed E-state index contributed by atoms with van der Waals surface area (Å²) < 4.78 is 28.2. The van der Waals surface area contributed by atoms with Gasteiger partial charge >= 0.3 is 0 Å². The van der Waals surface area contributed by atoms with Crippen LogP contribution in [0, 0.1) is 11.6 Å². The van der Waals surface area contributed by atoms with Crippen molar-refractivity contribution in [2.45, 2.75) is 6.54 Å². The quantitative estimate of drug-likeness (QED) is 0.594. The van der Waals surface area contributed by atoms with Gasteiger partial charge in [-0.15, -0.1) is 5.10 Å². The van der Waals surface area contributed by atoms with E-state index in [0.717, 1.165) is 17.7 Å². The fourth-order valence-corrected chi connectivity index (χ4v) is 2.65. The van der Waals surface area contributed by atoms with Crippen LogP contribution in [-0.4, -0.2) is 29.9 Å². The number of benzene rings is 1. The highest BCUT2D eigenvalue weighted by Gasteiger charge is 2.11. The van der Waals surface area contributed by atoms with Crippen LogP contribution in [0.4, 0.5) is 8.78 Å². The third-order valence-electron chi connectivity index (χ3n) is 3.65. The van der Waals surface area contributed by atoms with Crippen molar-refractivity contribution in [3.63, 3.8) is 0 Å². The molecule has 9 heteroatoms. The fourth-order valence-electron chi connectivity index (χ4n) is 2.45. The van der Waals surface area contributed by atoms with Gasteiger partial charge in [0.2, 0.25) is 0 Å². The first-order valence-corrected chi connectivity index (χ1v) is 7.97. The number of hydrogen-bond donors (Lipinski definition) is 1. The van der Waals surface area contributed by atoms with Crippen molar-refractivity contribution >= 4 is 33.7 Å². The number of nitrogens with one attached hydrogen (secondary N) is 1. The molecule has 26 heavy (non-hydrogen) atoms. The van der Waals surface area contributed by atoms with E-state index in [9.17, 15) is 8.78 Å². The molecule has 6 nitrogen and oxygen atoms in total. The summed E-state index contributed by atoms with van der Waals surface area (Å²) in [5.74, 6) is -1.63. The highest BCUT2D eigenvalue weighted by Crippen LogP contribution is 2.23. The molecule has 0 bridgehead atoms. The molecule has 0 fully saturated rings. The molecule has 3 aromatic heterocycles. The number of aromatic nitrogens is 6. The van der Waals surface area contributed by atoms with Crippen molar-refractivity contribution in [3.05, 3.63) is 71.6 Å². The highest BCUT2D eigenvalue weighted by atomic mass is 35.5. The summed E-state index contributed by atoms with van der Waals surface area (Å²) in [4.78, 5) is 11.1. The maximum Gasteiger partial charge on any atom is 0.161 e. The molecular weight excluding hydrogens is 362 g/mol. The third kappa shape index (κ3) is 3.31. The van der Waals surface area contributed by atoms with Gasteiger partial charge in [-0.2, -0.15) is 0 Å². The smallest absolute Gasteiger partial charge is 0.161 e. The lowest BCUT2D eigenvalue weighted by molar-refractivity contribution is 0.510. The van der Waals surface area contributed by atoms with Gasteiger partial charge in [-0.1, -0.05) is 22.9 Å². The molecule has 0 saturated heterocycles. The second-order valence-corrected chi connectivity index (χ2v) is 5.97. The number of imidazole rings is 1. The second-order valence-electron chi connectivity index (χ2n) is 5.56. The highest BCUT2D eigenvalue weighted by molar-refractivity contribution is 6.50. The van der Waals surface area contributed by atoms with E-state index in [2.05, 4.69) is 25.3 Å². The van der Waals surface area contributed by atoms with E-state index in [4.69, 9.17) is 11.6 Å². The number of fused-ring (bicyclic) bond motifs is 1. The zero-order chi connectivity index (χ0) is 18.1. The molecule has 0 aliphatic heterocycles. The summed E-state index contributed by atoms with van der Waals surface area (Å²) in [5.41, 5.74) is 2.15. The van der Waals surface area contributed by atoms with Crippen molar-refractivity contribution in [3.8, 4) is 0 Å². The van der Waals surface area contributed by atoms with Gasteiger partial charge in [0.25, 0.3) is 0 Å². The van der Waals surface area contributed by atoms with Crippen LogP contribution in [0.1, 0.15) is 17.1 Å². The number of rotatable bonds is 4. The fraction of sp³-hybridized carbons (Fsp3) is 0.0588. The van der Waals surface area contributed by atoms with E-state index in [1.807, 2.05) is 12.1 Å². The van der Waals surface area contributed by atoms with Gasteiger partial charge in [-0.05, 0) is 17.7 Å². The topological polar surface area (TPSA) is 72.3 Å². The van der Waals surface area contributed by atoms with Gasteiger partial charge in [-0.3, -0.25) is 4.98 Å². The molecule has 3 heterocycles. The molecule has 0 aliphatic rings. The van der Waals surface area contributed by atoms with Crippen molar-refractivity contribution in [2.24, 2.45) is 0 Å². The predicted molar refractivity (Wildman–Crippen MR) is 93.1 cm³/mol. The Labute approximate surface area is 151 Å². The van der Waals surface area contributed by atoms with Gasteiger partial charge in [0, 0.05) is 24.5 Å². The van der Waals surface area contributed by atoms with E-state index in [-0.39, 0.29) is 16.4 Å². The zero-order valence-corrected chi connectivity index (χ0v) is 14.0. The monoisotopic (exact) mass is 372 g/mol. The molecule has 0 unspecified atom stereocenters. The summed E-state index contributed by atoms with van der Waals surface area (Å²) in [7, 11) is 0. The summed E-state index contributed by atoms with van der Waals surface area (Å²) in [6.07, 6.45) is 6.73. The maximum absolute atomic E-state index is 13.3. The normalized spacial score (nSPS) is 12.0. The summed E-state index contributed by atoms with van der Waals surface area (Å²) >= 11 is 6.25. The largest absolute Gasteiger partial charge is 0.337 e. The Bertz CT molecular complexity index is 1060. The Morgan fingerprint density at radius 1 is 1.27 bits per heavy atom. The number of hydrogen-bond acceptors (Lipinski definition) is 4. The lowest BCUT2D eigenvalue weighted by atomic mass is 10.3. The average Bonchev–Trinajstić information content (AvgIpc) is 3.23. The third-order valence-corrected chi connectivity index (χ3v) is 3.94. The maximum atomic E-state index is 13.3. The van der Waals surface area contributed by atoms with Gasteiger partial charge in [0.1, 0.15) is 11.5 Å². The number of H-pyrrole nitrogens is 1. The molecule has 4 aromatic rings. The van der Waals surface area contributed by atoms with E-state index < -0.39 is 11.6 Å². The SMILES string of the molecule is Fc1cc2nc(/C(Cl)=C/c3cn(Cc4cccnc4)nn3)[nH]c2cc1F. The Balaban J connectivity index is 1.58. The average molecular weight is 373 g/mol. The van der Waals surface area contributed by atoms with Gasteiger partial charge in [0.15, 0.2) is 11.6 Å². The molecule has 0 radical (unpaired) electrons. The lowest BCUT2D eigenvalue weighted by Gasteiger charge is -1.98. The minimum Gasteiger partial charge on any atom is -0.337 e. The van der Waals surface area contributed by atoms with Gasteiger partial charge in [0.05, 0.1) is 28.8 Å². The van der Waals surface area contributed by atoms with Gasteiger partial charge < -0.3 is 4.98 Å². The summed E-state index contributed by atoms with van der Waals surface area (Å²) in [5, 5.41) is 8.31. The summed E-state index contributed by atoms with van der Waals surface area (Å²) in [6.45, 7) is 0.523. The van der Waals surface area contributed by atoms with Crippen molar-refractivity contribution in [2.75, 3.05) is 0 Å². The molecule has 0 saturated carbocycles. The molecule has 1 aromatic carbocycles. The second kappa shape index (κ2) is 6.64. The standard InChI is InChI=1S/C17H11ClF2N6/c18-12(17-22-15-5-13(19)14(20)6-16(15)23-17)4-11-9-26(25-24-11)8-10-2-1-3-21-7-10/h1-7,9H,8H2,(H,22,23)/b12-4-. The number of halogens is 3. The molecule has 130 valence electrons. The Hall–Kier alpha value is -3.13. The minimum atomic E-state index is -0.964. The van der Waals surface area contributed by atoms with E-state index in [1.165, 1.54) is 0 Å². The molecular formula is C17H11ClF2N6. The minimum absolute atomic E-state index is 0.246. The lowest BCUT2D eigenvalue weighted by Crippen LogP contribution is -2.00. The Kier molecular flexibility index (Phi) is 4.18. The first kappa shape index (κ1) is 16.3. The van der Waals surface area contributed by atoms with E-state index in [1.54, 1.807) is 29.3 Å². The van der Waals surface area contributed by atoms with Crippen LogP contribution >= 0.6 is 11.6 Å². The van der Waals surface area contributed by atoms with Crippen molar-refractivity contribution in [1.82, 2.24) is 29.9 Å². The van der Waals surface area contributed by atoms with E-state index >= 15 is 0 Å². The van der Waals surface area contributed by atoms with Crippen molar-refractivity contribution in [1.29, 1.82) is 0 Å². The number of pyridine rings is 1. The van der Waals surface area contributed by atoms with Crippen LogP contribution < -0.4 is 0 Å².